The van der Waals surface area contributed by atoms with Gasteiger partial charge in [0.15, 0.2) is 0 Å². The molecular weight excluding hydrogens is 210 g/mol. The summed E-state index contributed by atoms with van der Waals surface area (Å²) in [5.74, 6) is 5.38. The van der Waals surface area contributed by atoms with Gasteiger partial charge in [-0.2, -0.15) is 0 Å². The zero-order valence-electron chi connectivity index (χ0n) is 10.5. The van der Waals surface area contributed by atoms with Crippen LogP contribution < -0.4 is 5.32 Å². The predicted molar refractivity (Wildman–Crippen MR) is 66.3 cm³/mol. The number of imidazole rings is 1. The number of hydrogen-bond acceptors (Lipinski definition) is 2. The molecule has 17 heavy (non-hydrogen) atoms. The number of nitrogens with one attached hydrogen (secondary N) is 1. The Balaban J connectivity index is 1.38. The first-order valence-corrected chi connectivity index (χ1v) is 7.12. The lowest BCUT2D eigenvalue weighted by Gasteiger charge is -2.11. The van der Waals surface area contributed by atoms with Crippen LogP contribution in [0.5, 0.6) is 0 Å². The van der Waals surface area contributed by atoms with Gasteiger partial charge in [-0.15, -0.1) is 0 Å². The van der Waals surface area contributed by atoms with Gasteiger partial charge in [-0.1, -0.05) is 0 Å². The van der Waals surface area contributed by atoms with Crippen molar-refractivity contribution in [2.24, 2.45) is 23.7 Å². The maximum atomic E-state index is 4.43. The van der Waals surface area contributed by atoms with Gasteiger partial charge in [0.1, 0.15) is 5.82 Å². The fraction of sp³-hybridized carbons (Fsp3) is 0.786. The molecule has 0 amide bonds. The summed E-state index contributed by atoms with van der Waals surface area (Å²) in [5.41, 5.74) is 0. The molecule has 1 aromatic heterocycles. The lowest BCUT2D eigenvalue weighted by atomic mass is 10.0. The lowest BCUT2D eigenvalue weighted by Crippen LogP contribution is -2.24. The molecule has 0 saturated heterocycles. The molecule has 3 nitrogen and oxygen atoms in total. The van der Waals surface area contributed by atoms with E-state index in [1.807, 2.05) is 6.20 Å². The highest BCUT2D eigenvalue weighted by atomic mass is 15.1. The molecule has 0 aromatic carbocycles. The minimum Gasteiger partial charge on any atom is -0.334 e. The van der Waals surface area contributed by atoms with E-state index in [-0.39, 0.29) is 0 Å². The number of hydrogen-bond donors (Lipinski definition) is 1. The van der Waals surface area contributed by atoms with Crippen LogP contribution in [-0.4, -0.2) is 15.6 Å². The first-order valence-electron chi connectivity index (χ1n) is 7.12. The second kappa shape index (κ2) is 3.58. The molecular formula is C14H21N3. The summed E-state index contributed by atoms with van der Waals surface area (Å²) < 4.78 is 2.24. The third-order valence-corrected chi connectivity index (χ3v) is 5.37. The summed E-state index contributed by atoms with van der Waals surface area (Å²) in [6.45, 7) is 4.16. The van der Waals surface area contributed by atoms with Crippen LogP contribution in [0.15, 0.2) is 12.4 Å². The van der Waals surface area contributed by atoms with Crippen molar-refractivity contribution in [2.75, 3.05) is 0 Å². The summed E-state index contributed by atoms with van der Waals surface area (Å²) >= 11 is 0. The van der Waals surface area contributed by atoms with E-state index in [0.29, 0.717) is 0 Å². The molecule has 1 aromatic rings. The maximum absolute atomic E-state index is 4.43. The highest BCUT2D eigenvalue weighted by Crippen LogP contribution is 2.65. The van der Waals surface area contributed by atoms with Gasteiger partial charge in [-0.3, -0.25) is 0 Å². The fourth-order valence-electron chi connectivity index (χ4n) is 4.60. The average molecular weight is 231 g/mol. The molecule has 0 aliphatic heterocycles. The monoisotopic (exact) mass is 231 g/mol. The molecule has 4 unspecified atom stereocenters. The van der Waals surface area contributed by atoms with Crippen molar-refractivity contribution in [1.29, 1.82) is 0 Å². The van der Waals surface area contributed by atoms with Crippen LogP contribution >= 0.6 is 0 Å². The molecule has 1 N–H and O–H groups in total. The molecule has 1 heterocycles. The van der Waals surface area contributed by atoms with Crippen LogP contribution in [-0.2, 0) is 13.1 Å². The first-order chi connectivity index (χ1) is 8.38. The zero-order chi connectivity index (χ0) is 11.4. The topological polar surface area (TPSA) is 29.9 Å². The molecule has 3 heteroatoms. The van der Waals surface area contributed by atoms with Gasteiger partial charge >= 0.3 is 0 Å². The Bertz CT molecular complexity index is 409. The van der Waals surface area contributed by atoms with Crippen molar-refractivity contribution in [2.45, 2.75) is 45.3 Å². The van der Waals surface area contributed by atoms with Gasteiger partial charge in [0.05, 0.1) is 6.54 Å². The van der Waals surface area contributed by atoms with E-state index in [1.54, 1.807) is 0 Å². The first kappa shape index (κ1) is 10.1. The van der Waals surface area contributed by atoms with Crippen LogP contribution in [0, 0.1) is 23.7 Å². The average Bonchev–Trinajstić information content (AvgIpc) is 2.80. The van der Waals surface area contributed by atoms with Gasteiger partial charge in [-0.25, -0.2) is 4.98 Å². The maximum Gasteiger partial charge on any atom is 0.122 e. The molecule has 0 radical (unpaired) electrons. The number of aromatic nitrogens is 2. The quantitative estimate of drug-likeness (QED) is 0.859. The van der Waals surface area contributed by atoms with Crippen LogP contribution in [0.4, 0.5) is 0 Å². The SMILES string of the molecule is CCn1ccnc1CNC1C2C3CCC(C3)C12. The van der Waals surface area contributed by atoms with Crippen molar-refractivity contribution in [3.05, 3.63) is 18.2 Å². The van der Waals surface area contributed by atoms with Gasteiger partial charge < -0.3 is 9.88 Å². The molecule has 3 fully saturated rings. The van der Waals surface area contributed by atoms with Gasteiger partial charge in [0.2, 0.25) is 0 Å². The van der Waals surface area contributed by atoms with Gasteiger partial charge in [-0.05, 0) is 49.9 Å². The van der Waals surface area contributed by atoms with E-state index in [4.69, 9.17) is 0 Å². The Morgan fingerprint density at radius 1 is 1.35 bits per heavy atom. The normalized spacial score (nSPS) is 41.8. The van der Waals surface area contributed by atoms with Crippen molar-refractivity contribution >= 4 is 0 Å². The summed E-state index contributed by atoms with van der Waals surface area (Å²) in [7, 11) is 0. The summed E-state index contributed by atoms with van der Waals surface area (Å²) in [4.78, 5) is 4.43. The van der Waals surface area contributed by atoms with Gasteiger partial charge in [0.25, 0.3) is 0 Å². The molecule has 0 spiro atoms. The molecule has 4 rings (SSSR count). The number of fused-ring (bicyclic) bond motifs is 5. The third kappa shape index (κ3) is 1.41. The minimum atomic E-state index is 0.822. The predicted octanol–water partition coefficient (Wildman–Crippen LogP) is 2.04. The Kier molecular flexibility index (Phi) is 2.13. The molecule has 3 aliphatic rings. The van der Waals surface area contributed by atoms with E-state index in [9.17, 15) is 0 Å². The third-order valence-electron chi connectivity index (χ3n) is 5.37. The van der Waals surface area contributed by atoms with E-state index in [1.165, 1.54) is 25.1 Å². The Hall–Kier alpha value is -0.830. The summed E-state index contributed by atoms with van der Waals surface area (Å²) in [5, 5.41) is 3.75. The largest absolute Gasteiger partial charge is 0.334 e. The molecule has 92 valence electrons. The van der Waals surface area contributed by atoms with Crippen molar-refractivity contribution in [3.63, 3.8) is 0 Å². The highest BCUT2D eigenvalue weighted by Gasteiger charge is 2.64. The van der Waals surface area contributed by atoms with Crippen LogP contribution in [0.25, 0.3) is 0 Å². The Labute approximate surface area is 103 Å². The molecule has 3 saturated carbocycles. The molecule has 3 aliphatic carbocycles. The fourth-order valence-corrected chi connectivity index (χ4v) is 4.60. The molecule has 2 bridgehead atoms. The Morgan fingerprint density at radius 3 is 2.82 bits per heavy atom. The van der Waals surface area contributed by atoms with E-state index < -0.39 is 0 Å². The van der Waals surface area contributed by atoms with E-state index >= 15 is 0 Å². The Morgan fingerprint density at radius 2 is 2.12 bits per heavy atom. The smallest absolute Gasteiger partial charge is 0.122 e. The van der Waals surface area contributed by atoms with Crippen molar-refractivity contribution in [3.8, 4) is 0 Å². The molecule has 4 atom stereocenters. The van der Waals surface area contributed by atoms with Crippen LogP contribution in [0.3, 0.4) is 0 Å². The van der Waals surface area contributed by atoms with Crippen molar-refractivity contribution < 1.29 is 0 Å². The van der Waals surface area contributed by atoms with Crippen molar-refractivity contribution in [1.82, 2.24) is 14.9 Å². The van der Waals surface area contributed by atoms with Gasteiger partial charge in [0, 0.05) is 25.0 Å². The second-order valence-corrected chi connectivity index (χ2v) is 6.02. The summed E-state index contributed by atoms with van der Waals surface area (Å²) in [6, 6.07) is 0.822. The van der Waals surface area contributed by atoms with E-state index in [0.717, 1.165) is 42.8 Å². The van der Waals surface area contributed by atoms with E-state index in [2.05, 4.69) is 28.0 Å². The zero-order valence-corrected chi connectivity index (χ0v) is 10.5. The van der Waals surface area contributed by atoms with Crippen LogP contribution in [0.1, 0.15) is 32.0 Å². The standard InChI is InChI=1S/C14H21N3/c1-2-17-6-5-15-11(17)8-16-14-12-9-3-4-10(7-9)13(12)14/h5-6,9-10,12-14,16H,2-4,7-8H2,1H3. The minimum absolute atomic E-state index is 0.822. The number of nitrogens with zero attached hydrogens (tertiary/aromatic N) is 2. The lowest BCUT2D eigenvalue weighted by molar-refractivity contribution is 0.454. The van der Waals surface area contributed by atoms with Crippen LogP contribution in [0.2, 0.25) is 0 Å². The summed E-state index contributed by atoms with van der Waals surface area (Å²) in [6.07, 6.45) is 8.55. The second-order valence-electron chi connectivity index (χ2n) is 6.02. The number of rotatable bonds is 4. The number of aryl methyl sites for hydroxylation is 1. The highest BCUT2D eigenvalue weighted by molar-refractivity contribution is 5.17.